The lowest BCUT2D eigenvalue weighted by atomic mass is 10.1. The average Bonchev–Trinajstić information content (AvgIpc) is 2.59. The summed E-state index contributed by atoms with van der Waals surface area (Å²) in [5, 5.41) is 0.690. The fraction of sp³-hybridized carbons (Fsp3) is 0.167. The van der Waals surface area contributed by atoms with E-state index in [1.807, 2.05) is 19.0 Å². The molecule has 122 valence electrons. The highest BCUT2D eigenvalue weighted by molar-refractivity contribution is 5.98. The second-order valence-electron chi connectivity index (χ2n) is 5.47. The van der Waals surface area contributed by atoms with E-state index in [0.717, 1.165) is 0 Å². The van der Waals surface area contributed by atoms with Crippen LogP contribution >= 0.6 is 0 Å². The Morgan fingerprint density at radius 3 is 2.71 bits per heavy atom. The van der Waals surface area contributed by atoms with E-state index >= 15 is 0 Å². The number of nitrogens with zero attached hydrogens (tertiary/aromatic N) is 2. The quantitative estimate of drug-likeness (QED) is 0.545. The molecule has 24 heavy (non-hydrogen) atoms. The summed E-state index contributed by atoms with van der Waals surface area (Å²) in [7, 11) is 4.99. The van der Waals surface area contributed by atoms with Crippen LogP contribution in [0.2, 0.25) is 0 Å². The van der Waals surface area contributed by atoms with Crippen molar-refractivity contribution in [2.75, 3.05) is 21.2 Å². The standard InChI is InChI=1S/C18H16N2O4/c1-20(2)9-8-14-12(18(22)23-3)10-13-16(21)11-6-4-5-7-15(11)24-17(13)19-14/h4-10H,1-3H3/b9-8+. The summed E-state index contributed by atoms with van der Waals surface area (Å²) in [4.78, 5) is 30.9. The molecule has 0 aliphatic rings. The largest absolute Gasteiger partial charge is 0.465 e. The van der Waals surface area contributed by atoms with Crippen molar-refractivity contribution >= 4 is 34.1 Å². The molecule has 0 saturated heterocycles. The zero-order chi connectivity index (χ0) is 17.3. The van der Waals surface area contributed by atoms with Gasteiger partial charge >= 0.3 is 5.97 Å². The van der Waals surface area contributed by atoms with Crippen molar-refractivity contribution in [2.24, 2.45) is 0 Å². The molecule has 0 fully saturated rings. The number of ether oxygens (including phenoxy) is 1. The Kier molecular flexibility index (Phi) is 4.04. The highest BCUT2D eigenvalue weighted by atomic mass is 16.5. The number of esters is 1. The lowest BCUT2D eigenvalue weighted by Gasteiger charge is -2.08. The Morgan fingerprint density at radius 1 is 1.25 bits per heavy atom. The summed E-state index contributed by atoms with van der Waals surface area (Å²) in [5.41, 5.74) is 1.00. The number of fused-ring (bicyclic) bond motifs is 2. The first-order valence-corrected chi connectivity index (χ1v) is 7.31. The zero-order valence-corrected chi connectivity index (χ0v) is 13.6. The number of rotatable bonds is 3. The van der Waals surface area contributed by atoms with Gasteiger partial charge in [-0.2, -0.15) is 0 Å². The van der Waals surface area contributed by atoms with Crippen LogP contribution in [0.25, 0.3) is 28.1 Å². The third-order valence-electron chi connectivity index (χ3n) is 3.54. The number of hydrogen-bond donors (Lipinski definition) is 0. The Hall–Kier alpha value is -3.15. The van der Waals surface area contributed by atoms with Gasteiger partial charge in [0.1, 0.15) is 5.58 Å². The Labute approximate surface area is 138 Å². The van der Waals surface area contributed by atoms with E-state index in [0.29, 0.717) is 16.7 Å². The number of aromatic nitrogens is 1. The number of para-hydroxylation sites is 1. The van der Waals surface area contributed by atoms with Gasteiger partial charge in [-0.25, -0.2) is 9.78 Å². The highest BCUT2D eigenvalue weighted by Gasteiger charge is 2.17. The van der Waals surface area contributed by atoms with E-state index in [-0.39, 0.29) is 22.1 Å². The molecule has 0 bridgehead atoms. The molecule has 2 aromatic heterocycles. The summed E-state index contributed by atoms with van der Waals surface area (Å²) in [5.74, 6) is -0.560. The third kappa shape index (κ3) is 2.74. The molecule has 0 aliphatic carbocycles. The van der Waals surface area contributed by atoms with Crippen LogP contribution in [-0.2, 0) is 4.74 Å². The van der Waals surface area contributed by atoms with Crippen molar-refractivity contribution < 1.29 is 13.9 Å². The topological polar surface area (TPSA) is 72.6 Å². The van der Waals surface area contributed by atoms with Crippen molar-refractivity contribution in [3.63, 3.8) is 0 Å². The molecule has 3 rings (SSSR count). The Bertz CT molecular complexity index is 1020. The summed E-state index contributed by atoms with van der Waals surface area (Å²) in [6.07, 6.45) is 3.42. The fourth-order valence-electron chi connectivity index (χ4n) is 2.36. The summed E-state index contributed by atoms with van der Waals surface area (Å²) in [6.45, 7) is 0. The monoisotopic (exact) mass is 324 g/mol. The average molecular weight is 324 g/mol. The maximum absolute atomic E-state index is 12.7. The SMILES string of the molecule is COC(=O)c1cc2c(=O)c3ccccc3oc2nc1/C=C/N(C)C. The van der Waals surface area contributed by atoms with Crippen LogP contribution in [0.15, 0.2) is 45.7 Å². The second-order valence-corrected chi connectivity index (χ2v) is 5.47. The van der Waals surface area contributed by atoms with Crippen LogP contribution in [0.3, 0.4) is 0 Å². The van der Waals surface area contributed by atoms with Crippen LogP contribution in [0.1, 0.15) is 16.1 Å². The van der Waals surface area contributed by atoms with Gasteiger partial charge in [-0.1, -0.05) is 12.1 Å². The number of pyridine rings is 1. The van der Waals surface area contributed by atoms with Crippen molar-refractivity contribution in [1.82, 2.24) is 9.88 Å². The van der Waals surface area contributed by atoms with Crippen molar-refractivity contribution in [2.45, 2.75) is 0 Å². The molecule has 0 aliphatic heterocycles. The van der Waals surface area contributed by atoms with Gasteiger partial charge in [-0.05, 0) is 24.3 Å². The zero-order valence-electron chi connectivity index (χ0n) is 13.6. The van der Waals surface area contributed by atoms with Crippen LogP contribution < -0.4 is 5.43 Å². The molecule has 0 spiro atoms. The third-order valence-corrected chi connectivity index (χ3v) is 3.54. The molecule has 6 nitrogen and oxygen atoms in total. The molecule has 2 heterocycles. The smallest absolute Gasteiger partial charge is 0.340 e. The van der Waals surface area contributed by atoms with E-state index in [4.69, 9.17) is 9.15 Å². The van der Waals surface area contributed by atoms with Gasteiger partial charge in [-0.3, -0.25) is 4.79 Å². The number of methoxy groups -OCH3 is 1. The molecule has 1 aromatic carbocycles. The molecule has 0 radical (unpaired) electrons. The van der Waals surface area contributed by atoms with E-state index in [9.17, 15) is 9.59 Å². The fourth-order valence-corrected chi connectivity index (χ4v) is 2.36. The Morgan fingerprint density at radius 2 is 2.00 bits per heavy atom. The van der Waals surface area contributed by atoms with Gasteiger partial charge < -0.3 is 14.1 Å². The van der Waals surface area contributed by atoms with E-state index in [1.54, 1.807) is 36.5 Å². The van der Waals surface area contributed by atoms with Crippen LogP contribution in [0.4, 0.5) is 0 Å². The predicted octanol–water partition coefficient (Wildman–Crippen LogP) is 2.66. The van der Waals surface area contributed by atoms with Gasteiger partial charge in [-0.15, -0.1) is 0 Å². The van der Waals surface area contributed by atoms with Crippen molar-refractivity contribution in [3.05, 3.63) is 58.0 Å². The number of hydrogen-bond acceptors (Lipinski definition) is 6. The van der Waals surface area contributed by atoms with Crippen LogP contribution in [0.5, 0.6) is 0 Å². The summed E-state index contributed by atoms with van der Waals surface area (Å²) >= 11 is 0. The number of carbonyl (C=O) groups excluding carboxylic acids is 1. The van der Waals surface area contributed by atoms with Gasteiger partial charge in [0, 0.05) is 20.3 Å². The van der Waals surface area contributed by atoms with E-state index in [2.05, 4.69) is 4.98 Å². The maximum Gasteiger partial charge on any atom is 0.340 e. The Balaban J connectivity index is 2.36. The van der Waals surface area contributed by atoms with Crippen molar-refractivity contribution in [1.29, 1.82) is 0 Å². The van der Waals surface area contributed by atoms with Gasteiger partial charge in [0.25, 0.3) is 0 Å². The van der Waals surface area contributed by atoms with E-state index < -0.39 is 5.97 Å². The first-order valence-electron chi connectivity index (χ1n) is 7.31. The molecule has 0 saturated carbocycles. The predicted molar refractivity (Wildman–Crippen MR) is 91.8 cm³/mol. The van der Waals surface area contributed by atoms with Crippen molar-refractivity contribution in [3.8, 4) is 0 Å². The minimum atomic E-state index is -0.560. The maximum atomic E-state index is 12.7. The number of benzene rings is 1. The minimum Gasteiger partial charge on any atom is -0.465 e. The minimum absolute atomic E-state index is 0.185. The summed E-state index contributed by atoms with van der Waals surface area (Å²) in [6, 6.07) is 8.40. The van der Waals surface area contributed by atoms with Gasteiger partial charge in [0.05, 0.1) is 29.1 Å². The molecule has 3 aromatic rings. The number of carbonyl (C=O) groups is 1. The van der Waals surface area contributed by atoms with Gasteiger partial charge in [0.2, 0.25) is 11.1 Å². The molecule has 0 N–H and O–H groups in total. The molecule has 0 atom stereocenters. The van der Waals surface area contributed by atoms with Crippen LogP contribution in [-0.4, -0.2) is 37.1 Å². The van der Waals surface area contributed by atoms with E-state index in [1.165, 1.54) is 13.2 Å². The second kappa shape index (κ2) is 6.16. The molecular formula is C18H16N2O4. The molecular weight excluding hydrogens is 308 g/mol. The normalized spacial score (nSPS) is 11.3. The highest BCUT2D eigenvalue weighted by Crippen LogP contribution is 2.21. The van der Waals surface area contributed by atoms with Crippen LogP contribution in [0, 0.1) is 0 Å². The molecule has 0 amide bonds. The molecule has 0 unspecified atom stereocenters. The lowest BCUT2D eigenvalue weighted by Crippen LogP contribution is -2.10. The lowest BCUT2D eigenvalue weighted by molar-refractivity contribution is 0.0600. The summed E-state index contributed by atoms with van der Waals surface area (Å²) < 4.78 is 10.5. The first kappa shape index (κ1) is 15.7. The first-order chi connectivity index (χ1) is 11.5. The van der Waals surface area contributed by atoms with Gasteiger partial charge in [0.15, 0.2) is 0 Å². The molecule has 6 heteroatoms.